The number of nitrogens with zero attached hydrogens (tertiary/aromatic N) is 5. The van der Waals surface area contributed by atoms with Crippen molar-refractivity contribution in [3.8, 4) is 22.9 Å². The minimum Gasteiger partial charge on any atom is -0.457 e. The van der Waals surface area contributed by atoms with E-state index < -0.39 is 11.5 Å². The highest BCUT2D eigenvalue weighted by Gasteiger charge is 2.23. The number of carbonyl (C=O) groups is 1. The van der Waals surface area contributed by atoms with Crippen molar-refractivity contribution in [2.75, 3.05) is 30.8 Å². The predicted molar refractivity (Wildman–Crippen MR) is 170 cm³/mol. The Morgan fingerprint density at radius 3 is 2.64 bits per heavy atom. The summed E-state index contributed by atoms with van der Waals surface area (Å²) < 4.78 is 27.8. The third-order valence-corrected chi connectivity index (χ3v) is 7.72. The Morgan fingerprint density at radius 2 is 1.89 bits per heavy atom. The molecule has 3 N–H and O–H groups in total. The van der Waals surface area contributed by atoms with Gasteiger partial charge in [-0.15, -0.1) is 0 Å². The number of hydrogen-bond donors (Lipinski definition) is 2. The largest absolute Gasteiger partial charge is 0.457 e. The Labute approximate surface area is 258 Å². The molecular formula is C33H32FN7O4. The van der Waals surface area contributed by atoms with Gasteiger partial charge in [-0.25, -0.2) is 23.7 Å². The van der Waals surface area contributed by atoms with Gasteiger partial charge in [-0.3, -0.25) is 9.36 Å². The summed E-state index contributed by atoms with van der Waals surface area (Å²) in [6.07, 6.45) is 5.70. The summed E-state index contributed by atoms with van der Waals surface area (Å²) >= 11 is 0. The van der Waals surface area contributed by atoms with Crippen LogP contribution in [0.2, 0.25) is 0 Å². The Kier molecular flexibility index (Phi) is 8.41. The lowest BCUT2D eigenvalue weighted by atomic mass is 10.1. The monoisotopic (exact) mass is 609 g/mol. The van der Waals surface area contributed by atoms with Gasteiger partial charge < -0.3 is 25.4 Å². The van der Waals surface area contributed by atoms with Crippen molar-refractivity contribution in [2.24, 2.45) is 0 Å². The maximum Gasteiger partial charge on any atom is 0.339 e. The van der Waals surface area contributed by atoms with Crippen LogP contribution in [0.4, 0.5) is 15.9 Å². The van der Waals surface area contributed by atoms with E-state index >= 15 is 0 Å². The van der Waals surface area contributed by atoms with Gasteiger partial charge in [0.1, 0.15) is 29.2 Å². The van der Waals surface area contributed by atoms with Gasteiger partial charge in [-0.05, 0) is 67.9 Å². The molecule has 5 aromatic rings. The minimum atomic E-state index is -0.432. The van der Waals surface area contributed by atoms with Crippen molar-refractivity contribution in [2.45, 2.75) is 25.5 Å². The van der Waals surface area contributed by atoms with Crippen LogP contribution in [-0.4, -0.2) is 57.4 Å². The van der Waals surface area contributed by atoms with Crippen molar-refractivity contribution in [3.63, 3.8) is 0 Å². The summed E-state index contributed by atoms with van der Waals surface area (Å²) in [6.45, 7) is 3.32. The highest BCUT2D eigenvalue weighted by Crippen LogP contribution is 2.27. The zero-order valence-corrected chi connectivity index (χ0v) is 24.8. The van der Waals surface area contributed by atoms with Crippen LogP contribution in [0.15, 0.2) is 96.1 Å². The first kappa shape index (κ1) is 29.7. The van der Waals surface area contributed by atoms with E-state index in [0.29, 0.717) is 46.3 Å². The first-order valence-corrected chi connectivity index (χ1v) is 14.5. The maximum absolute atomic E-state index is 14.0. The second-order valence-corrected chi connectivity index (χ2v) is 10.6. The molecule has 2 unspecified atom stereocenters. The summed E-state index contributed by atoms with van der Waals surface area (Å²) in [7, 11) is 1.67. The van der Waals surface area contributed by atoms with Gasteiger partial charge >= 0.3 is 5.69 Å². The lowest BCUT2D eigenvalue weighted by Gasteiger charge is -2.17. The third kappa shape index (κ3) is 6.19. The van der Waals surface area contributed by atoms with E-state index in [1.54, 1.807) is 73.8 Å². The van der Waals surface area contributed by atoms with E-state index in [4.69, 9.17) is 15.2 Å². The first-order chi connectivity index (χ1) is 21.8. The minimum absolute atomic E-state index is 0.122. The van der Waals surface area contributed by atoms with E-state index in [9.17, 15) is 14.0 Å². The lowest BCUT2D eigenvalue weighted by Crippen LogP contribution is -2.34. The molecule has 45 heavy (non-hydrogen) atoms. The molecule has 1 aliphatic heterocycles. The van der Waals surface area contributed by atoms with Crippen molar-refractivity contribution in [3.05, 3.63) is 108 Å². The number of anilines is 2. The third-order valence-electron chi connectivity index (χ3n) is 7.72. The van der Waals surface area contributed by atoms with Gasteiger partial charge in [0, 0.05) is 44.1 Å². The standard InChI is InChI=1S/C33H32FN7O4/c1-21-28(15-17-44-21)36-16-5-10-29(42)39(2)24-7-4-8-25(19-24)41-32-30(31(35)37-20-38-32)40(33(41)43)23-11-13-26(14-12-23)45-27-9-3-6-22(34)18-27/h3-14,18-21,28,36H,15-17H2,1-2H3,(H2,35,37,38)/b10-5+. The van der Waals surface area contributed by atoms with E-state index in [0.717, 1.165) is 13.0 Å². The zero-order chi connectivity index (χ0) is 31.5. The van der Waals surface area contributed by atoms with Crippen LogP contribution >= 0.6 is 0 Å². The van der Waals surface area contributed by atoms with Gasteiger partial charge in [0.15, 0.2) is 11.5 Å². The van der Waals surface area contributed by atoms with E-state index in [-0.39, 0.29) is 23.9 Å². The number of fused-ring (bicyclic) bond motifs is 1. The molecule has 1 amide bonds. The number of imidazole rings is 1. The van der Waals surface area contributed by atoms with Gasteiger partial charge in [0.05, 0.1) is 17.5 Å². The van der Waals surface area contributed by atoms with E-state index in [2.05, 4.69) is 15.3 Å². The molecule has 3 aromatic carbocycles. The number of nitrogens with two attached hydrogens (primary N) is 1. The number of ether oxygens (including phenoxy) is 2. The molecule has 0 radical (unpaired) electrons. The molecule has 3 heterocycles. The average Bonchev–Trinajstić information content (AvgIpc) is 3.59. The van der Waals surface area contributed by atoms with Crippen molar-refractivity contribution < 1.29 is 18.7 Å². The fraction of sp³-hybridized carbons (Fsp3) is 0.212. The molecule has 1 fully saturated rings. The normalized spacial score (nSPS) is 16.4. The van der Waals surface area contributed by atoms with E-state index in [1.165, 1.54) is 38.6 Å². The number of benzene rings is 3. The Balaban J connectivity index is 1.27. The van der Waals surface area contributed by atoms with Crippen LogP contribution in [0.25, 0.3) is 22.5 Å². The molecule has 0 bridgehead atoms. The highest BCUT2D eigenvalue weighted by atomic mass is 19.1. The summed E-state index contributed by atoms with van der Waals surface area (Å²) in [4.78, 5) is 37.0. The second-order valence-electron chi connectivity index (χ2n) is 10.6. The SMILES string of the molecule is CC1OCCC1NC/C=C/C(=O)N(C)c1cccc(-n2c(=O)n(-c3ccc(Oc4cccc(F)c4)cc3)c3c(N)ncnc32)c1. The van der Waals surface area contributed by atoms with Gasteiger partial charge in [-0.2, -0.15) is 0 Å². The molecule has 2 atom stereocenters. The average molecular weight is 610 g/mol. The van der Waals surface area contributed by atoms with Crippen LogP contribution in [0.3, 0.4) is 0 Å². The number of amides is 1. The molecule has 230 valence electrons. The summed E-state index contributed by atoms with van der Waals surface area (Å²) in [6, 6.07) is 19.9. The Bertz CT molecular complexity index is 1940. The van der Waals surface area contributed by atoms with Gasteiger partial charge in [0.25, 0.3) is 0 Å². The van der Waals surface area contributed by atoms with Crippen molar-refractivity contribution >= 4 is 28.6 Å². The molecule has 1 saturated heterocycles. The highest BCUT2D eigenvalue weighted by molar-refractivity contribution is 6.01. The molecule has 2 aromatic heterocycles. The van der Waals surface area contributed by atoms with Crippen LogP contribution in [0, 0.1) is 5.82 Å². The number of halogens is 1. The van der Waals surface area contributed by atoms with Crippen LogP contribution < -0.4 is 26.4 Å². The molecule has 11 nitrogen and oxygen atoms in total. The van der Waals surface area contributed by atoms with Gasteiger partial charge in [-0.1, -0.05) is 18.2 Å². The van der Waals surface area contributed by atoms with Crippen LogP contribution in [-0.2, 0) is 9.53 Å². The number of nitrogens with one attached hydrogen (secondary N) is 1. The molecule has 1 aliphatic rings. The number of nitrogen functional groups attached to an aromatic ring is 1. The molecule has 0 spiro atoms. The van der Waals surface area contributed by atoms with Gasteiger partial charge in [0.2, 0.25) is 5.91 Å². The molecule has 0 saturated carbocycles. The maximum atomic E-state index is 14.0. The number of aromatic nitrogens is 4. The predicted octanol–water partition coefficient (Wildman–Crippen LogP) is 4.37. The molecular weight excluding hydrogens is 577 g/mol. The fourth-order valence-electron chi connectivity index (χ4n) is 5.31. The number of likely N-dealkylation sites (N-methyl/N-ethyl adjacent to an activating group) is 1. The van der Waals surface area contributed by atoms with E-state index in [1.807, 2.05) is 6.92 Å². The van der Waals surface area contributed by atoms with Crippen molar-refractivity contribution in [1.29, 1.82) is 0 Å². The quantitative estimate of drug-likeness (QED) is 0.236. The Hall–Kier alpha value is -5.33. The first-order valence-electron chi connectivity index (χ1n) is 14.5. The summed E-state index contributed by atoms with van der Waals surface area (Å²) in [5, 5.41) is 3.39. The topological polar surface area (TPSA) is 130 Å². The summed E-state index contributed by atoms with van der Waals surface area (Å²) in [5.41, 5.74) is 8.04. The summed E-state index contributed by atoms with van der Waals surface area (Å²) in [5.74, 6) is 0.298. The van der Waals surface area contributed by atoms with Crippen LogP contribution in [0.1, 0.15) is 13.3 Å². The smallest absolute Gasteiger partial charge is 0.339 e. The second kappa shape index (κ2) is 12.7. The number of rotatable bonds is 9. The fourth-order valence-corrected chi connectivity index (χ4v) is 5.31. The Morgan fingerprint density at radius 1 is 1.09 bits per heavy atom. The zero-order valence-electron chi connectivity index (χ0n) is 24.8. The lowest BCUT2D eigenvalue weighted by molar-refractivity contribution is -0.113. The van der Waals surface area contributed by atoms with Crippen molar-refractivity contribution in [1.82, 2.24) is 24.4 Å². The molecule has 0 aliphatic carbocycles. The number of carbonyl (C=O) groups excluding carboxylic acids is 1. The molecule has 6 rings (SSSR count). The number of hydrogen-bond acceptors (Lipinski definition) is 8. The van der Waals surface area contributed by atoms with Crippen LogP contribution in [0.5, 0.6) is 11.5 Å². The molecule has 12 heteroatoms.